The summed E-state index contributed by atoms with van der Waals surface area (Å²) in [4.78, 5) is 14.7. The minimum absolute atomic E-state index is 0. The molecular formula is C20H23ClN2O3. The van der Waals surface area contributed by atoms with Gasteiger partial charge in [-0.25, -0.2) is 0 Å². The second kappa shape index (κ2) is 7.98. The van der Waals surface area contributed by atoms with Gasteiger partial charge in [0, 0.05) is 19.0 Å². The van der Waals surface area contributed by atoms with Crippen LogP contribution in [-0.2, 0) is 11.2 Å². The van der Waals surface area contributed by atoms with Gasteiger partial charge >= 0.3 is 0 Å². The third-order valence-electron chi connectivity index (χ3n) is 5.12. The zero-order chi connectivity index (χ0) is 17.2. The molecule has 0 aliphatic carbocycles. The molecule has 0 bridgehead atoms. The molecule has 2 N–H and O–H groups in total. The van der Waals surface area contributed by atoms with Gasteiger partial charge in [0.1, 0.15) is 0 Å². The molecule has 1 saturated heterocycles. The predicted octanol–water partition coefficient (Wildman–Crippen LogP) is 2.58. The Kier molecular flexibility index (Phi) is 5.69. The van der Waals surface area contributed by atoms with E-state index in [4.69, 9.17) is 15.2 Å². The quantitative estimate of drug-likeness (QED) is 0.893. The molecule has 138 valence electrons. The first-order chi connectivity index (χ1) is 12.2. The lowest BCUT2D eigenvalue weighted by molar-refractivity contribution is -0.129. The standard InChI is InChI=1S/C20H22N2O3.ClH/c21-10-16-11-22(12-17(16)15-4-2-1-3-5-15)20(23)9-14-6-7-18-19(8-14)25-13-24-18;/h1-8,16-17H,9-13,21H2;1H/t16-,17+;/m1./s1. The first-order valence-electron chi connectivity index (χ1n) is 8.66. The molecule has 2 aromatic rings. The minimum atomic E-state index is 0. The topological polar surface area (TPSA) is 64.8 Å². The number of amides is 1. The first-order valence-corrected chi connectivity index (χ1v) is 8.66. The maximum atomic E-state index is 12.8. The van der Waals surface area contributed by atoms with Crippen molar-refractivity contribution in [1.82, 2.24) is 4.90 Å². The highest BCUT2D eigenvalue weighted by atomic mass is 35.5. The van der Waals surface area contributed by atoms with Crippen LogP contribution < -0.4 is 15.2 Å². The fraction of sp³-hybridized carbons (Fsp3) is 0.350. The van der Waals surface area contributed by atoms with Gasteiger partial charge in [-0.1, -0.05) is 36.4 Å². The largest absolute Gasteiger partial charge is 0.454 e. The first kappa shape index (κ1) is 18.5. The molecule has 2 heterocycles. The molecule has 0 radical (unpaired) electrons. The smallest absolute Gasteiger partial charge is 0.231 e. The van der Waals surface area contributed by atoms with Crippen molar-refractivity contribution in [2.24, 2.45) is 11.7 Å². The third kappa shape index (κ3) is 3.64. The molecule has 0 unspecified atom stereocenters. The second-order valence-corrected chi connectivity index (χ2v) is 6.68. The Balaban J connectivity index is 0.00000196. The lowest BCUT2D eigenvalue weighted by atomic mass is 9.89. The minimum Gasteiger partial charge on any atom is -0.454 e. The number of hydrogen-bond acceptors (Lipinski definition) is 4. The lowest BCUT2D eigenvalue weighted by Crippen LogP contribution is -2.31. The normalized spacial score (nSPS) is 20.7. The average molecular weight is 375 g/mol. The number of hydrogen-bond donors (Lipinski definition) is 1. The van der Waals surface area contributed by atoms with Gasteiger partial charge in [0.05, 0.1) is 6.42 Å². The molecule has 2 aliphatic heterocycles. The van der Waals surface area contributed by atoms with E-state index in [9.17, 15) is 4.79 Å². The van der Waals surface area contributed by atoms with Gasteiger partial charge in [-0.3, -0.25) is 4.79 Å². The van der Waals surface area contributed by atoms with Crippen molar-refractivity contribution in [1.29, 1.82) is 0 Å². The van der Waals surface area contributed by atoms with Crippen molar-refractivity contribution in [3.63, 3.8) is 0 Å². The van der Waals surface area contributed by atoms with E-state index in [2.05, 4.69) is 12.1 Å². The molecule has 4 rings (SSSR count). The summed E-state index contributed by atoms with van der Waals surface area (Å²) < 4.78 is 10.7. The number of halogens is 1. The van der Waals surface area contributed by atoms with Crippen molar-refractivity contribution in [3.05, 3.63) is 59.7 Å². The van der Waals surface area contributed by atoms with Crippen LogP contribution in [0, 0.1) is 5.92 Å². The van der Waals surface area contributed by atoms with Crippen LogP contribution in [0.3, 0.4) is 0 Å². The third-order valence-corrected chi connectivity index (χ3v) is 5.12. The molecule has 1 amide bonds. The Morgan fingerprint density at radius 2 is 1.85 bits per heavy atom. The predicted molar refractivity (Wildman–Crippen MR) is 102 cm³/mol. The van der Waals surface area contributed by atoms with Crippen molar-refractivity contribution >= 4 is 18.3 Å². The maximum Gasteiger partial charge on any atom is 0.231 e. The zero-order valence-corrected chi connectivity index (χ0v) is 15.3. The van der Waals surface area contributed by atoms with E-state index in [1.807, 2.05) is 41.3 Å². The van der Waals surface area contributed by atoms with Crippen LogP contribution in [-0.4, -0.2) is 37.2 Å². The van der Waals surface area contributed by atoms with Gasteiger partial charge in [0.2, 0.25) is 12.7 Å². The zero-order valence-electron chi connectivity index (χ0n) is 14.5. The Morgan fingerprint density at radius 3 is 2.62 bits per heavy atom. The summed E-state index contributed by atoms with van der Waals surface area (Å²) in [6.45, 7) is 2.29. The molecule has 2 aromatic carbocycles. The number of likely N-dealkylation sites (tertiary alicyclic amines) is 1. The highest BCUT2D eigenvalue weighted by Crippen LogP contribution is 2.34. The molecule has 0 spiro atoms. The maximum absolute atomic E-state index is 12.8. The summed E-state index contributed by atoms with van der Waals surface area (Å²) in [5.41, 5.74) is 8.18. The van der Waals surface area contributed by atoms with Crippen LogP contribution in [0.2, 0.25) is 0 Å². The van der Waals surface area contributed by atoms with Crippen molar-refractivity contribution in [3.8, 4) is 11.5 Å². The number of carbonyl (C=O) groups is 1. The number of benzene rings is 2. The van der Waals surface area contributed by atoms with E-state index in [1.54, 1.807) is 0 Å². The number of ether oxygens (including phenoxy) is 2. The van der Waals surface area contributed by atoms with Gasteiger partial charge in [0.25, 0.3) is 0 Å². The summed E-state index contributed by atoms with van der Waals surface area (Å²) in [6, 6.07) is 16.0. The molecule has 1 fully saturated rings. The molecular weight excluding hydrogens is 352 g/mol. The number of carbonyl (C=O) groups excluding carboxylic acids is 1. The highest BCUT2D eigenvalue weighted by Gasteiger charge is 2.35. The summed E-state index contributed by atoms with van der Waals surface area (Å²) in [6.07, 6.45) is 0.370. The van der Waals surface area contributed by atoms with Crippen LogP contribution >= 0.6 is 12.4 Å². The summed E-state index contributed by atoms with van der Waals surface area (Å²) in [7, 11) is 0. The molecule has 2 aliphatic rings. The van der Waals surface area contributed by atoms with E-state index >= 15 is 0 Å². The molecule has 2 atom stereocenters. The Labute approximate surface area is 159 Å². The molecule has 0 saturated carbocycles. The SMILES string of the molecule is Cl.NC[C@@H]1CN(C(=O)Cc2ccc3c(c2)OCO3)C[C@H]1c1ccccc1. The fourth-order valence-corrected chi connectivity index (χ4v) is 3.73. The van der Waals surface area contributed by atoms with E-state index in [0.717, 1.165) is 24.4 Å². The molecule has 6 heteroatoms. The molecule has 0 aromatic heterocycles. The number of fused-ring (bicyclic) bond motifs is 1. The van der Waals surface area contributed by atoms with E-state index in [1.165, 1.54) is 5.56 Å². The van der Waals surface area contributed by atoms with E-state index in [0.29, 0.717) is 30.6 Å². The van der Waals surface area contributed by atoms with Gasteiger partial charge in [0.15, 0.2) is 11.5 Å². The number of nitrogens with two attached hydrogens (primary N) is 1. The Morgan fingerprint density at radius 1 is 1.08 bits per heavy atom. The van der Waals surface area contributed by atoms with Gasteiger partial charge in [-0.2, -0.15) is 0 Å². The lowest BCUT2D eigenvalue weighted by Gasteiger charge is -2.17. The number of rotatable bonds is 4. The highest BCUT2D eigenvalue weighted by molar-refractivity contribution is 5.85. The van der Waals surface area contributed by atoms with E-state index < -0.39 is 0 Å². The van der Waals surface area contributed by atoms with Crippen LogP contribution in [0.15, 0.2) is 48.5 Å². The second-order valence-electron chi connectivity index (χ2n) is 6.68. The van der Waals surface area contributed by atoms with Crippen molar-refractivity contribution in [2.75, 3.05) is 26.4 Å². The summed E-state index contributed by atoms with van der Waals surface area (Å²) in [5, 5.41) is 0. The monoisotopic (exact) mass is 374 g/mol. The van der Waals surface area contributed by atoms with Gasteiger partial charge in [-0.15, -0.1) is 12.4 Å². The summed E-state index contributed by atoms with van der Waals surface area (Å²) >= 11 is 0. The Bertz CT molecular complexity index is 769. The Hall–Kier alpha value is -2.24. The van der Waals surface area contributed by atoms with Crippen LogP contribution in [0.25, 0.3) is 0 Å². The van der Waals surface area contributed by atoms with Gasteiger partial charge < -0.3 is 20.1 Å². The molecule has 26 heavy (non-hydrogen) atoms. The number of nitrogens with zero attached hydrogens (tertiary/aromatic N) is 1. The van der Waals surface area contributed by atoms with Crippen LogP contribution in [0.4, 0.5) is 0 Å². The van der Waals surface area contributed by atoms with Crippen molar-refractivity contribution < 1.29 is 14.3 Å². The average Bonchev–Trinajstić information content (AvgIpc) is 3.28. The van der Waals surface area contributed by atoms with Gasteiger partial charge in [-0.05, 0) is 35.7 Å². The van der Waals surface area contributed by atoms with Crippen LogP contribution in [0.1, 0.15) is 17.0 Å². The van der Waals surface area contributed by atoms with Crippen LogP contribution in [0.5, 0.6) is 11.5 Å². The fourth-order valence-electron chi connectivity index (χ4n) is 3.73. The van der Waals surface area contributed by atoms with Crippen molar-refractivity contribution in [2.45, 2.75) is 12.3 Å². The molecule has 5 nitrogen and oxygen atoms in total. The summed E-state index contributed by atoms with van der Waals surface area (Å²) in [5.74, 6) is 2.21. The van der Waals surface area contributed by atoms with E-state index in [-0.39, 0.29) is 25.1 Å².